The molecule has 0 fully saturated rings. The molecule has 0 spiro atoms. The highest BCUT2D eigenvalue weighted by Gasteiger charge is 2.17. The second-order valence-corrected chi connectivity index (χ2v) is 6.82. The van der Waals surface area contributed by atoms with Crippen LogP contribution in [0.25, 0.3) is 11.0 Å². The molecule has 136 valence electrons. The van der Waals surface area contributed by atoms with E-state index in [4.69, 9.17) is 10.7 Å². The number of rotatable bonds is 6. The van der Waals surface area contributed by atoms with Crippen molar-refractivity contribution in [1.82, 2.24) is 9.55 Å². The maximum atomic E-state index is 9.48. The Morgan fingerprint density at radius 1 is 0.852 bits per heavy atom. The number of phenols is 1. The first kappa shape index (κ1) is 17.3. The zero-order valence-electron chi connectivity index (χ0n) is 15.1. The van der Waals surface area contributed by atoms with Gasteiger partial charge in [0.15, 0.2) is 0 Å². The van der Waals surface area contributed by atoms with Crippen LogP contribution in [0.5, 0.6) is 5.75 Å². The first-order chi connectivity index (χ1) is 13.2. The lowest BCUT2D eigenvalue weighted by atomic mass is 10.1. The molecule has 3 N–H and O–H groups in total. The molecular weight excluding hydrogens is 334 g/mol. The number of aryl methyl sites for hydroxylation is 2. The molecule has 0 bridgehead atoms. The van der Waals surface area contributed by atoms with Crippen LogP contribution in [0.2, 0.25) is 0 Å². The summed E-state index contributed by atoms with van der Waals surface area (Å²) in [5, 5.41) is 9.48. The summed E-state index contributed by atoms with van der Waals surface area (Å²) in [4.78, 5) is 4.83. The minimum absolute atomic E-state index is 0.210. The van der Waals surface area contributed by atoms with Gasteiger partial charge in [-0.15, -0.1) is 0 Å². The molecule has 0 aliphatic carbocycles. The molecule has 0 saturated heterocycles. The minimum atomic E-state index is -0.210. The standard InChI is InChI=1S/C23H23N3O/c24-20(16-18-10-12-19(27)13-11-18)23-25-21-8-4-5-9-22(21)26(23)15-14-17-6-2-1-3-7-17/h1-13,20,27H,14-16,24H2. The van der Waals surface area contributed by atoms with Crippen molar-refractivity contribution >= 4 is 11.0 Å². The summed E-state index contributed by atoms with van der Waals surface area (Å²) in [6.07, 6.45) is 1.61. The first-order valence-electron chi connectivity index (χ1n) is 9.23. The Kier molecular flexibility index (Phi) is 4.90. The monoisotopic (exact) mass is 357 g/mol. The largest absolute Gasteiger partial charge is 0.508 e. The number of fused-ring (bicyclic) bond motifs is 1. The molecule has 4 nitrogen and oxygen atoms in total. The van der Waals surface area contributed by atoms with Crippen molar-refractivity contribution in [3.05, 3.63) is 95.8 Å². The molecule has 1 atom stereocenters. The van der Waals surface area contributed by atoms with E-state index in [9.17, 15) is 5.11 Å². The van der Waals surface area contributed by atoms with E-state index in [-0.39, 0.29) is 11.8 Å². The van der Waals surface area contributed by atoms with Gasteiger partial charge < -0.3 is 15.4 Å². The van der Waals surface area contributed by atoms with Gasteiger partial charge in [0.1, 0.15) is 11.6 Å². The number of benzene rings is 3. The van der Waals surface area contributed by atoms with Crippen molar-refractivity contribution in [2.45, 2.75) is 25.4 Å². The third kappa shape index (κ3) is 3.86. The van der Waals surface area contributed by atoms with Crippen molar-refractivity contribution < 1.29 is 5.11 Å². The molecule has 0 radical (unpaired) electrons. The van der Waals surface area contributed by atoms with Crippen molar-refractivity contribution in [2.24, 2.45) is 5.73 Å². The van der Waals surface area contributed by atoms with Gasteiger partial charge in [-0.3, -0.25) is 0 Å². The second kappa shape index (κ2) is 7.64. The average Bonchev–Trinajstić information content (AvgIpc) is 3.08. The predicted molar refractivity (Wildman–Crippen MR) is 109 cm³/mol. The van der Waals surface area contributed by atoms with Crippen LogP contribution in [-0.2, 0) is 19.4 Å². The molecule has 1 aromatic heterocycles. The molecule has 0 amide bonds. The number of para-hydroxylation sites is 2. The number of aromatic hydroxyl groups is 1. The molecule has 0 aliphatic rings. The van der Waals surface area contributed by atoms with Gasteiger partial charge in [0.25, 0.3) is 0 Å². The van der Waals surface area contributed by atoms with Gasteiger partial charge in [0.2, 0.25) is 0 Å². The number of aromatic nitrogens is 2. The normalized spacial score (nSPS) is 12.3. The summed E-state index contributed by atoms with van der Waals surface area (Å²) in [5.41, 5.74) is 11.0. The maximum Gasteiger partial charge on any atom is 0.127 e. The van der Waals surface area contributed by atoms with Gasteiger partial charge in [-0.2, -0.15) is 0 Å². The van der Waals surface area contributed by atoms with Crippen LogP contribution in [0.15, 0.2) is 78.9 Å². The van der Waals surface area contributed by atoms with Crippen molar-refractivity contribution in [2.75, 3.05) is 0 Å². The Balaban J connectivity index is 1.63. The molecule has 3 aromatic carbocycles. The molecule has 1 unspecified atom stereocenters. The van der Waals surface area contributed by atoms with Crippen LogP contribution in [0.3, 0.4) is 0 Å². The number of nitrogens with two attached hydrogens (primary N) is 1. The lowest BCUT2D eigenvalue weighted by Gasteiger charge is -2.15. The highest BCUT2D eigenvalue weighted by molar-refractivity contribution is 5.76. The molecule has 0 saturated carbocycles. The summed E-state index contributed by atoms with van der Waals surface area (Å²) in [6, 6.07) is 25.6. The summed E-state index contributed by atoms with van der Waals surface area (Å²) in [7, 11) is 0. The Hall–Kier alpha value is -3.11. The van der Waals surface area contributed by atoms with E-state index in [2.05, 4.69) is 34.9 Å². The average molecular weight is 357 g/mol. The third-order valence-corrected chi connectivity index (χ3v) is 4.87. The number of imidazole rings is 1. The van der Waals surface area contributed by atoms with Gasteiger partial charge in [0.05, 0.1) is 17.1 Å². The molecule has 27 heavy (non-hydrogen) atoms. The fraction of sp³-hybridized carbons (Fsp3) is 0.174. The fourth-order valence-electron chi connectivity index (χ4n) is 3.48. The molecule has 1 heterocycles. The quantitative estimate of drug-likeness (QED) is 0.543. The van der Waals surface area contributed by atoms with E-state index in [0.717, 1.165) is 35.4 Å². The third-order valence-electron chi connectivity index (χ3n) is 4.87. The van der Waals surface area contributed by atoms with Gasteiger partial charge in [-0.1, -0.05) is 54.6 Å². The fourth-order valence-corrected chi connectivity index (χ4v) is 3.48. The van der Waals surface area contributed by atoms with Crippen LogP contribution in [0, 0.1) is 0 Å². The number of hydrogen-bond donors (Lipinski definition) is 2. The topological polar surface area (TPSA) is 64.1 Å². The summed E-state index contributed by atoms with van der Waals surface area (Å²) < 4.78 is 2.24. The van der Waals surface area contributed by atoms with E-state index >= 15 is 0 Å². The highest BCUT2D eigenvalue weighted by atomic mass is 16.3. The van der Waals surface area contributed by atoms with E-state index < -0.39 is 0 Å². The van der Waals surface area contributed by atoms with Crippen molar-refractivity contribution in [3.8, 4) is 5.75 Å². The Morgan fingerprint density at radius 2 is 1.56 bits per heavy atom. The predicted octanol–water partition coefficient (Wildman–Crippen LogP) is 4.23. The lowest BCUT2D eigenvalue weighted by molar-refractivity contribution is 0.475. The van der Waals surface area contributed by atoms with Crippen LogP contribution in [0.1, 0.15) is 23.0 Å². The van der Waals surface area contributed by atoms with Crippen LogP contribution >= 0.6 is 0 Å². The molecule has 4 rings (SSSR count). The van der Waals surface area contributed by atoms with Gasteiger partial charge in [-0.05, 0) is 48.2 Å². The van der Waals surface area contributed by atoms with E-state index in [0.29, 0.717) is 6.42 Å². The molecule has 0 aliphatic heterocycles. The number of hydrogen-bond acceptors (Lipinski definition) is 3. The highest BCUT2D eigenvalue weighted by Crippen LogP contribution is 2.23. The smallest absolute Gasteiger partial charge is 0.127 e. The van der Waals surface area contributed by atoms with E-state index in [1.54, 1.807) is 12.1 Å². The maximum absolute atomic E-state index is 9.48. The Morgan fingerprint density at radius 3 is 2.33 bits per heavy atom. The first-order valence-corrected chi connectivity index (χ1v) is 9.23. The van der Waals surface area contributed by atoms with Crippen LogP contribution < -0.4 is 5.73 Å². The molecular formula is C23H23N3O. The zero-order valence-corrected chi connectivity index (χ0v) is 15.1. The Bertz CT molecular complexity index is 1020. The van der Waals surface area contributed by atoms with Crippen molar-refractivity contribution in [1.29, 1.82) is 0 Å². The number of nitrogens with zero attached hydrogens (tertiary/aromatic N) is 2. The van der Waals surface area contributed by atoms with Crippen molar-refractivity contribution in [3.63, 3.8) is 0 Å². The molecule has 4 aromatic rings. The number of phenolic OH excluding ortho intramolecular Hbond substituents is 1. The van der Waals surface area contributed by atoms with Gasteiger partial charge in [0, 0.05) is 6.54 Å². The van der Waals surface area contributed by atoms with E-state index in [1.165, 1.54) is 5.56 Å². The molecule has 4 heteroatoms. The van der Waals surface area contributed by atoms with E-state index in [1.807, 2.05) is 36.4 Å². The van der Waals surface area contributed by atoms with Gasteiger partial charge in [-0.25, -0.2) is 4.98 Å². The van der Waals surface area contributed by atoms with Crippen LogP contribution in [0.4, 0.5) is 0 Å². The summed E-state index contributed by atoms with van der Waals surface area (Å²) in [5.74, 6) is 1.17. The lowest BCUT2D eigenvalue weighted by Crippen LogP contribution is -2.19. The summed E-state index contributed by atoms with van der Waals surface area (Å²) >= 11 is 0. The van der Waals surface area contributed by atoms with Crippen LogP contribution in [-0.4, -0.2) is 14.7 Å². The summed E-state index contributed by atoms with van der Waals surface area (Å²) in [6.45, 7) is 0.836. The zero-order chi connectivity index (χ0) is 18.6. The second-order valence-electron chi connectivity index (χ2n) is 6.82. The minimum Gasteiger partial charge on any atom is -0.508 e. The van der Waals surface area contributed by atoms with Gasteiger partial charge >= 0.3 is 0 Å². The SMILES string of the molecule is NC(Cc1ccc(O)cc1)c1nc2ccccc2n1CCc1ccccc1. The Labute approximate surface area is 158 Å².